The molecule has 0 saturated heterocycles. The van der Waals surface area contributed by atoms with Crippen LogP contribution in [0.15, 0.2) is 35.2 Å². The number of methoxy groups -OCH3 is 1. The van der Waals surface area contributed by atoms with E-state index in [9.17, 15) is 18.0 Å². The number of carbonyl (C=O) groups excluding carboxylic acids is 2. The van der Waals surface area contributed by atoms with E-state index in [0.717, 1.165) is 5.56 Å². The van der Waals surface area contributed by atoms with E-state index in [2.05, 4.69) is 15.4 Å². The molecule has 0 radical (unpaired) electrons. The average Bonchev–Trinajstić information content (AvgIpc) is 2.67. The van der Waals surface area contributed by atoms with Crippen molar-refractivity contribution in [2.24, 2.45) is 0 Å². The van der Waals surface area contributed by atoms with E-state index in [4.69, 9.17) is 9.47 Å². The van der Waals surface area contributed by atoms with Crippen LogP contribution in [0.1, 0.15) is 5.56 Å². The van der Waals surface area contributed by atoms with Gasteiger partial charge in [0, 0.05) is 37.1 Å². The summed E-state index contributed by atoms with van der Waals surface area (Å²) in [6.07, 6.45) is 0. The van der Waals surface area contributed by atoms with Crippen molar-refractivity contribution in [2.45, 2.75) is 11.4 Å². The summed E-state index contributed by atoms with van der Waals surface area (Å²) in [5.41, 5.74) is 2.08. The Labute approximate surface area is 166 Å². The van der Waals surface area contributed by atoms with Crippen LogP contribution in [0.25, 0.3) is 0 Å². The van der Waals surface area contributed by atoms with E-state index < -0.39 is 10.0 Å². The number of carbonyl (C=O) groups is 2. The molecule has 0 atom stereocenters. The predicted molar refractivity (Wildman–Crippen MR) is 105 cm³/mol. The lowest BCUT2D eigenvalue weighted by Gasteiger charge is -2.26. The number of hydrogen-bond acceptors (Lipinski definition) is 6. The zero-order valence-electron chi connectivity index (χ0n) is 15.6. The molecule has 0 aliphatic carbocycles. The van der Waals surface area contributed by atoms with Crippen molar-refractivity contribution >= 4 is 39.0 Å². The normalized spacial score (nSPS) is 15.4. The molecule has 2 aliphatic rings. The maximum atomic E-state index is 13.0. The fraction of sp³-hybridized carbons (Fsp3) is 0.222. The van der Waals surface area contributed by atoms with Gasteiger partial charge in [0.1, 0.15) is 16.4 Å². The molecule has 11 heteroatoms. The standard InChI is InChI=1S/C18H18N4O6S/c1-22-8-10-5-11(3-4-12(10)20-18(22)24)21-29(25,26)16-7-14-13(6-15(16)27-2)19-17(23)9-28-14/h3-7,21H,8-9H2,1-2H3,(H,19,23)(H,20,24). The Bertz CT molecular complexity index is 1130. The van der Waals surface area contributed by atoms with Gasteiger partial charge < -0.3 is 25.0 Å². The Balaban J connectivity index is 1.67. The molecule has 0 fully saturated rings. The number of fused-ring (bicyclic) bond motifs is 2. The molecule has 29 heavy (non-hydrogen) atoms. The lowest BCUT2D eigenvalue weighted by atomic mass is 10.1. The molecule has 0 spiro atoms. The summed E-state index contributed by atoms with van der Waals surface area (Å²) in [5.74, 6) is -0.0352. The first kappa shape index (κ1) is 18.9. The number of sulfonamides is 1. The van der Waals surface area contributed by atoms with Crippen LogP contribution in [0.4, 0.5) is 21.9 Å². The highest BCUT2D eigenvalue weighted by atomic mass is 32.2. The second-order valence-corrected chi connectivity index (χ2v) is 8.25. The van der Waals surface area contributed by atoms with Crippen LogP contribution in [-0.2, 0) is 21.4 Å². The molecule has 2 aromatic rings. The highest BCUT2D eigenvalue weighted by molar-refractivity contribution is 7.92. The van der Waals surface area contributed by atoms with Crippen molar-refractivity contribution in [1.29, 1.82) is 0 Å². The third-order valence-corrected chi connectivity index (χ3v) is 5.94. The van der Waals surface area contributed by atoms with Crippen LogP contribution in [0.2, 0.25) is 0 Å². The summed E-state index contributed by atoms with van der Waals surface area (Å²) in [7, 11) is -1.04. The highest BCUT2D eigenvalue weighted by Gasteiger charge is 2.27. The Morgan fingerprint density at radius 3 is 2.69 bits per heavy atom. The van der Waals surface area contributed by atoms with Gasteiger partial charge in [-0.3, -0.25) is 9.52 Å². The molecule has 0 aromatic heterocycles. The first-order valence-corrected chi connectivity index (χ1v) is 10.1. The Morgan fingerprint density at radius 1 is 1.14 bits per heavy atom. The van der Waals surface area contributed by atoms with Crippen LogP contribution in [-0.4, -0.2) is 46.0 Å². The smallest absolute Gasteiger partial charge is 0.321 e. The molecule has 152 valence electrons. The third kappa shape index (κ3) is 3.51. The zero-order chi connectivity index (χ0) is 20.8. The van der Waals surface area contributed by atoms with E-state index in [-0.39, 0.29) is 34.9 Å². The van der Waals surface area contributed by atoms with E-state index in [1.807, 2.05) is 0 Å². The third-order valence-electron chi connectivity index (χ3n) is 4.54. The second-order valence-electron chi connectivity index (χ2n) is 6.60. The van der Waals surface area contributed by atoms with E-state index >= 15 is 0 Å². The van der Waals surface area contributed by atoms with Crippen LogP contribution in [0, 0.1) is 0 Å². The molecular weight excluding hydrogens is 400 g/mol. The fourth-order valence-corrected chi connectivity index (χ4v) is 4.33. The largest absolute Gasteiger partial charge is 0.495 e. The van der Waals surface area contributed by atoms with Crippen LogP contribution >= 0.6 is 0 Å². The van der Waals surface area contributed by atoms with Crippen molar-refractivity contribution in [3.8, 4) is 11.5 Å². The van der Waals surface area contributed by atoms with E-state index in [1.165, 1.54) is 24.1 Å². The first-order chi connectivity index (χ1) is 13.8. The fourth-order valence-electron chi connectivity index (χ4n) is 3.12. The summed E-state index contributed by atoms with van der Waals surface area (Å²) in [6, 6.07) is 7.34. The van der Waals surface area contributed by atoms with Gasteiger partial charge >= 0.3 is 6.03 Å². The second kappa shape index (κ2) is 6.85. The van der Waals surface area contributed by atoms with Crippen LogP contribution in [0.5, 0.6) is 11.5 Å². The molecule has 2 aromatic carbocycles. The average molecular weight is 418 g/mol. The topological polar surface area (TPSA) is 126 Å². The number of rotatable bonds is 4. The molecule has 10 nitrogen and oxygen atoms in total. The number of nitrogens with zero attached hydrogens (tertiary/aromatic N) is 1. The number of amides is 3. The molecule has 4 rings (SSSR count). The molecule has 0 unspecified atom stereocenters. The minimum atomic E-state index is -4.02. The van der Waals surface area contributed by atoms with Crippen molar-refractivity contribution in [3.05, 3.63) is 35.9 Å². The summed E-state index contributed by atoms with van der Waals surface area (Å²) < 4.78 is 39.0. The molecule has 0 bridgehead atoms. The van der Waals surface area contributed by atoms with Gasteiger partial charge in [-0.05, 0) is 23.8 Å². The van der Waals surface area contributed by atoms with Crippen molar-refractivity contribution in [1.82, 2.24) is 4.90 Å². The first-order valence-electron chi connectivity index (χ1n) is 8.59. The quantitative estimate of drug-likeness (QED) is 0.695. The molecule has 0 saturated carbocycles. The summed E-state index contributed by atoms with van der Waals surface area (Å²) in [5, 5.41) is 5.33. The van der Waals surface area contributed by atoms with Crippen molar-refractivity contribution in [3.63, 3.8) is 0 Å². The summed E-state index contributed by atoms with van der Waals surface area (Å²) >= 11 is 0. The number of anilines is 3. The maximum absolute atomic E-state index is 13.0. The van der Waals surface area contributed by atoms with Gasteiger partial charge in [-0.1, -0.05) is 0 Å². The van der Waals surface area contributed by atoms with Crippen molar-refractivity contribution < 1.29 is 27.5 Å². The highest BCUT2D eigenvalue weighted by Crippen LogP contribution is 2.38. The van der Waals surface area contributed by atoms with Gasteiger partial charge in [-0.15, -0.1) is 0 Å². The lowest BCUT2D eigenvalue weighted by Crippen LogP contribution is -2.35. The van der Waals surface area contributed by atoms with Gasteiger partial charge in [-0.25, -0.2) is 13.2 Å². The molecule has 3 amide bonds. The Kier molecular flexibility index (Phi) is 4.46. The number of ether oxygens (including phenoxy) is 2. The van der Waals surface area contributed by atoms with Gasteiger partial charge in [-0.2, -0.15) is 0 Å². The van der Waals surface area contributed by atoms with E-state index in [0.29, 0.717) is 23.6 Å². The molecule has 3 N–H and O–H groups in total. The Morgan fingerprint density at radius 2 is 1.93 bits per heavy atom. The molecule has 2 heterocycles. The molecular formula is C18H18N4O6S. The Hall–Kier alpha value is -3.47. The minimum absolute atomic E-state index is 0.0620. The van der Waals surface area contributed by atoms with Crippen LogP contribution in [0.3, 0.4) is 0 Å². The van der Waals surface area contributed by atoms with Gasteiger partial charge in [0.25, 0.3) is 15.9 Å². The van der Waals surface area contributed by atoms with Gasteiger partial charge in [0.2, 0.25) is 0 Å². The lowest BCUT2D eigenvalue weighted by molar-refractivity contribution is -0.118. The predicted octanol–water partition coefficient (Wildman–Crippen LogP) is 1.80. The summed E-state index contributed by atoms with van der Waals surface area (Å²) in [6.45, 7) is 0.155. The van der Waals surface area contributed by atoms with Crippen LogP contribution < -0.4 is 24.8 Å². The maximum Gasteiger partial charge on any atom is 0.321 e. The van der Waals surface area contributed by atoms with Crippen molar-refractivity contribution in [2.75, 3.05) is 36.1 Å². The zero-order valence-corrected chi connectivity index (χ0v) is 16.4. The van der Waals surface area contributed by atoms with Gasteiger partial charge in [0.15, 0.2) is 6.61 Å². The summed E-state index contributed by atoms with van der Waals surface area (Å²) in [4.78, 5) is 24.5. The minimum Gasteiger partial charge on any atom is -0.495 e. The van der Waals surface area contributed by atoms with E-state index in [1.54, 1.807) is 25.2 Å². The molecule has 2 aliphatic heterocycles. The number of hydrogen-bond donors (Lipinski definition) is 3. The number of urea groups is 1. The SMILES string of the molecule is COc1cc2c(cc1S(=O)(=O)Nc1ccc3c(c1)CN(C)C(=O)N3)OCC(=O)N2. The van der Waals surface area contributed by atoms with Gasteiger partial charge in [0.05, 0.1) is 12.8 Å². The number of benzene rings is 2. The number of nitrogens with one attached hydrogen (secondary N) is 3. The monoisotopic (exact) mass is 418 g/mol.